The number of ether oxygens (including phenoxy) is 1. The molecule has 228 valence electrons. The van der Waals surface area contributed by atoms with E-state index in [-0.39, 0.29) is 47.3 Å². The summed E-state index contributed by atoms with van der Waals surface area (Å²) in [5, 5.41) is 23.9. The van der Waals surface area contributed by atoms with Crippen LogP contribution in [0.1, 0.15) is 27.9 Å². The van der Waals surface area contributed by atoms with Crippen LogP contribution in [0.3, 0.4) is 0 Å². The molecule has 3 aromatic rings. The fourth-order valence-electron chi connectivity index (χ4n) is 4.61. The zero-order valence-electron chi connectivity index (χ0n) is 22.3. The van der Waals surface area contributed by atoms with Crippen LogP contribution < -0.4 is 10.1 Å². The molecule has 7 nitrogen and oxygen atoms in total. The molecule has 3 atom stereocenters. The highest BCUT2D eigenvalue weighted by molar-refractivity contribution is 14.1. The Balaban J connectivity index is 1.76. The number of halogens is 6. The van der Waals surface area contributed by atoms with Crippen molar-refractivity contribution in [2.75, 3.05) is 13.2 Å². The lowest BCUT2D eigenvalue weighted by atomic mass is 9.87. The molecule has 3 N–H and O–H groups in total. The van der Waals surface area contributed by atoms with Gasteiger partial charge in [-0.15, -0.1) is 0 Å². The highest BCUT2D eigenvalue weighted by Gasteiger charge is 2.41. The first-order valence-electron chi connectivity index (χ1n) is 13.0. The summed E-state index contributed by atoms with van der Waals surface area (Å²) < 4.78 is 46.5. The largest absolute Gasteiger partial charge is 0.482 e. The second-order valence-corrected chi connectivity index (χ2v) is 11.7. The minimum atomic E-state index is -4.60. The van der Waals surface area contributed by atoms with E-state index in [4.69, 9.17) is 27.9 Å². The lowest BCUT2D eigenvalue weighted by Gasteiger charge is -2.40. The van der Waals surface area contributed by atoms with E-state index in [9.17, 15) is 33.0 Å². The van der Waals surface area contributed by atoms with Crippen molar-refractivity contribution < 1.29 is 37.7 Å². The van der Waals surface area contributed by atoms with Crippen LogP contribution in [0.5, 0.6) is 5.75 Å². The number of aliphatic hydroxyl groups is 2. The lowest BCUT2D eigenvalue weighted by molar-refractivity contribution is -0.137. The zero-order chi connectivity index (χ0) is 31.3. The predicted molar refractivity (Wildman–Crippen MR) is 164 cm³/mol. The average Bonchev–Trinajstić information content (AvgIpc) is 2.98. The summed E-state index contributed by atoms with van der Waals surface area (Å²) in [4.78, 5) is 28.3. The first kappa shape index (κ1) is 33.1. The van der Waals surface area contributed by atoms with Crippen molar-refractivity contribution in [1.29, 1.82) is 0 Å². The molecule has 0 radical (unpaired) electrons. The molecular formula is C30H26Cl2F3IN2O5. The van der Waals surface area contributed by atoms with E-state index in [0.29, 0.717) is 11.3 Å². The van der Waals surface area contributed by atoms with E-state index in [1.54, 1.807) is 30.3 Å². The summed E-state index contributed by atoms with van der Waals surface area (Å²) >= 11 is 14.4. The predicted octanol–water partition coefficient (Wildman–Crippen LogP) is 5.87. The van der Waals surface area contributed by atoms with Gasteiger partial charge in [-0.1, -0.05) is 41.4 Å². The van der Waals surface area contributed by atoms with E-state index >= 15 is 0 Å². The molecule has 2 amide bonds. The van der Waals surface area contributed by atoms with Crippen molar-refractivity contribution in [3.63, 3.8) is 0 Å². The average molecular weight is 749 g/mol. The summed E-state index contributed by atoms with van der Waals surface area (Å²) in [6.45, 7) is -0.453. The van der Waals surface area contributed by atoms with Crippen LogP contribution >= 0.6 is 45.8 Å². The summed E-state index contributed by atoms with van der Waals surface area (Å²) in [7, 11) is 0. The van der Waals surface area contributed by atoms with Crippen LogP contribution in [0.15, 0.2) is 78.4 Å². The number of hydrogen-bond donors (Lipinski definition) is 3. The number of para-hydroxylation sites is 1. The maximum absolute atomic E-state index is 14.0. The number of carbonyl (C=O) groups excluding carboxylic acids is 2. The van der Waals surface area contributed by atoms with Gasteiger partial charge < -0.3 is 25.2 Å². The Kier molecular flexibility index (Phi) is 11.0. The van der Waals surface area contributed by atoms with Gasteiger partial charge in [0.05, 0.1) is 31.8 Å². The number of aliphatic hydroxyl groups excluding tert-OH is 2. The quantitative estimate of drug-likeness (QED) is 0.238. The highest BCUT2D eigenvalue weighted by atomic mass is 127. The summed E-state index contributed by atoms with van der Waals surface area (Å²) in [6.07, 6.45) is -5.68. The molecule has 0 saturated heterocycles. The molecular weight excluding hydrogens is 723 g/mol. The number of hydrogen-bond acceptors (Lipinski definition) is 5. The second-order valence-electron chi connectivity index (χ2n) is 9.70. The molecule has 4 rings (SSSR count). The van der Waals surface area contributed by atoms with Gasteiger partial charge >= 0.3 is 6.18 Å². The van der Waals surface area contributed by atoms with Crippen molar-refractivity contribution >= 4 is 57.6 Å². The highest BCUT2D eigenvalue weighted by Crippen LogP contribution is 2.33. The Labute approximate surface area is 269 Å². The zero-order valence-corrected chi connectivity index (χ0v) is 26.0. The minimum absolute atomic E-state index is 0.0248. The molecule has 0 saturated carbocycles. The van der Waals surface area contributed by atoms with Crippen molar-refractivity contribution in [2.24, 2.45) is 0 Å². The van der Waals surface area contributed by atoms with E-state index in [1.807, 2.05) is 0 Å². The Hall–Kier alpha value is -2.84. The molecule has 1 aliphatic rings. The Morgan fingerprint density at radius 3 is 2.37 bits per heavy atom. The Morgan fingerprint density at radius 2 is 1.74 bits per heavy atom. The number of amides is 2. The summed E-state index contributed by atoms with van der Waals surface area (Å²) in [6, 6.07) is 14.4. The normalized spacial score (nSPS) is 18.5. The van der Waals surface area contributed by atoms with Crippen molar-refractivity contribution in [3.05, 3.63) is 109 Å². The van der Waals surface area contributed by atoms with Gasteiger partial charge in [-0.05, 0) is 82.8 Å². The van der Waals surface area contributed by atoms with Gasteiger partial charge in [0.15, 0.2) is 0 Å². The third kappa shape index (κ3) is 8.21. The van der Waals surface area contributed by atoms with Crippen LogP contribution in [0, 0.1) is 3.57 Å². The molecule has 43 heavy (non-hydrogen) atoms. The number of nitrogens with zero attached hydrogens (tertiary/aromatic N) is 1. The third-order valence-corrected chi connectivity index (χ3v) is 8.40. The standard InChI is InChI=1S/C30H26Cl2F3IN2O5/c31-21-10-5-17(13-22(21)32)16-38(29(42)18-6-8-20(9-7-18)30(33,34)35)24-14-19(28(41)37-11-12-39)15-26(27(24)40)43-25-4-2-1-3-23(25)36/h1-10,13,15,24,26-27,39-40H,11-12,14,16H2,(H,37,41)/t24-,26+,27+/m1/s1. The molecule has 0 fully saturated rings. The first-order valence-corrected chi connectivity index (χ1v) is 14.8. The number of nitrogens with one attached hydrogen (secondary N) is 1. The van der Waals surface area contributed by atoms with Crippen LogP contribution in [-0.4, -0.2) is 58.3 Å². The molecule has 13 heteroatoms. The van der Waals surface area contributed by atoms with Gasteiger partial charge in [0.1, 0.15) is 18.0 Å². The SMILES string of the molecule is O=C(NCCO)C1=C[C@H](Oc2ccccc2I)[C@@H](O)[C@H](N(Cc2ccc(Cl)c(Cl)c2)C(=O)c2ccc(C(F)(F)F)cc2)C1. The Bertz CT molecular complexity index is 1500. The molecule has 1 aliphatic carbocycles. The van der Waals surface area contributed by atoms with Gasteiger partial charge in [0, 0.05) is 30.6 Å². The first-order chi connectivity index (χ1) is 20.4. The van der Waals surface area contributed by atoms with E-state index in [2.05, 4.69) is 27.9 Å². The van der Waals surface area contributed by atoms with Crippen molar-refractivity contribution in [1.82, 2.24) is 10.2 Å². The minimum Gasteiger partial charge on any atom is -0.482 e. The topological polar surface area (TPSA) is 99.1 Å². The van der Waals surface area contributed by atoms with Crippen LogP contribution in [0.4, 0.5) is 13.2 Å². The second kappa shape index (κ2) is 14.3. The van der Waals surface area contributed by atoms with Gasteiger partial charge in [-0.3, -0.25) is 9.59 Å². The van der Waals surface area contributed by atoms with E-state index < -0.39 is 41.8 Å². The van der Waals surface area contributed by atoms with Crippen LogP contribution in [-0.2, 0) is 17.5 Å². The third-order valence-electron chi connectivity index (χ3n) is 6.77. The fourth-order valence-corrected chi connectivity index (χ4v) is 5.44. The van der Waals surface area contributed by atoms with Crippen molar-refractivity contribution in [3.8, 4) is 5.75 Å². The van der Waals surface area contributed by atoms with Crippen molar-refractivity contribution in [2.45, 2.75) is 37.4 Å². The maximum Gasteiger partial charge on any atom is 0.416 e. The molecule has 0 aliphatic heterocycles. The lowest BCUT2D eigenvalue weighted by Crippen LogP contribution is -2.54. The van der Waals surface area contributed by atoms with Gasteiger partial charge in [-0.25, -0.2) is 0 Å². The molecule has 0 aromatic heterocycles. The molecule has 0 unspecified atom stereocenters. The molecule has 3 aromatic carbocycles. The molecule has 0 spiro atoms. The van der Waals surface area contributed by atoms with Gasteiger partial charge in [0.25, 0.3) is 5.91 Å². The number of alkyl halides is 3. The molecule has 0 heterocycles. The van der Waals surface area contributed by atoms with Crippen LogP contribution in [0.2, 0.25) is 10.0 Å². The monoisotopic (exact) mass is 748 g/mol. The number of carbonyl (C=O) groups is 2. The molecule has 0 bridgehead atoms. The number of benzene rings is 3. The summed E-state index contributed by atoms with van der Waals surface area (Å²) in [5.41, 5.74) is -0.262. The van der Waals surface area contributed by atoms with Gasteiger partial charge in [0.2, 0.25) is 5.91 Å². The summed E-state index contributed by atoms with van der Waals surface area (Å²) in [5.74, 6) is -0.781. The number of rotatable bonds is 9. The smallest absolute Gasteiger partial charge is 0.416 e. The van der Waals surface area contributed by atoms with E-state index in [0.717, 1.165) is 27.8 Å². The van der Waals surface area contributed by atoms with E-state index in [1.165, 1.54) is 23.1 Å². The maximum atomic E-state index is 14.0. The van der Waals surface area contributed by atoms with Gasteiger partial charge in [-0.2, -0.15) is 13.2 Å². The Morgan fingerprint density at radius 1 is 1.05 bits per heavy atom. The van der Waals surface area contributed by atoms with Crippen LogP contribution in [0.25, 0.3) is 0 Å². The fraction of sp³-hybridized carbons (Fsp3) is 0.267.